The first-order valence-electron chi connectivity index (χ1n) is 5.40. The van der Waals surface area contributed by atoms with E-state index >= 15 is 0 Å². The second-order valence-electron chi connectivity index (χ2n) is 3.90. The van der Waals surface area contributed by atoms with Gasteiger partial charge in [-0.3, -0.25) is 0 Å². The van der Waals surface area contributed by atoms with Gasteiger partial charge in [0.15, 0.2) is 0 Å². The molecule has 118 valence electrons. The molecule has 0 spiro atoms. The smallest absolute Gasteiger partial charge is 0.0901 e. The Morgan fingerprint density at radius 1 is 0.667 bits per heavy atom. The third-order valence-corrected chi connectivity index (χ3v) is 3.18. The Morgan fingerprint density at radius 2 is 1.05 bits per heavy atom. The summed E-state index contributed by atoms with van der Waals surface area (Å²) in [5, 5.41) is 0. The summed E-state index contributed by atoms with van der Waals surface area (Å²) in [6, 6.07) is 18.7. The fourth-order valence-electron chi connectivity index (χ4n) is 1.15. The van der Waals surface area contributed by atoms with E-state index in [0.29, 0.717) is 0 Å². The van der Waals surface area contributed by atoms with Crippen molar-refractivity contribution in [3.8, 4) is 0 Å². The van der Waals surface area contributed by atoms with Gasteiger partial charge in [0.25, 0.3) is 0 Å². The molecule has 0 aromatic heterocycles. The van der Waals surface area contributed by atoms with Gasteiger partial charge in [-0.15, -0.1) is 0 Å². The molecular weight excluding hydrogens is 353 g/mol. The SMILES string of the molecule is F[P-](F)(F)(F)(F)F.[SH2+]c1ccc(Sc2ccccc2)cc1. The van der Waals surface area contributed by atoms with Crippen LogP contribution in [0.4, 0.5) is 25.2 Å². The molecule has 0 nitrogen and oxygen atoms in total. The minimum atomic E-state index is -10.7. The Balaban J connectivity index is 0.000000270. The van der Waals surface area contributed by atoms with Crippen molar-refractivity contribution in [3.63, 3.8) is 0 Å². The molecular formula is C12H11F6PS2. The molecule has 0 fully saturated rings. The Morgan fingerprint density at radius 3 is 1.48 bits per heavy atom. The maximum atomic E-state index is 9.87. The van der Waals surface area contributed by atoms with Crippen LogP contribution in [-0.2, 0) is 12.6 Å². The quantitative estimate of drug-likeness (QED) is 0.329. The van der Waals surface area contributed by atoms with Crippen LogP contribution in [-0.4, -0.2) is 0 Å². The topological polar surface area (TPSA) is 0 Å². The molecule has 0 radical (unpaired) electrons. The standard InChI is InChI=1S/C12H10S2.F6P/c13-10-6-8-12(9-7-10)14-11-4-2-1-3-5-11;1-7(2,3,4,5)6/h1-9,13H;/q;-1/p+1. The zero-order valence-electron chi connectivity index (χ0n) is 10.3. The molecule has 0 aliphatic rings. The molecule has 9 heteroatoms. The van der Waals surface area contributed by atoms with Gasteiger partial charge in [-0.1, -0.05) is 30.0 Å². The first-order valence-corrected chi connectivity index (χ1v) is 8.75. The first-order chi connectivity index (χ1) is 9.29. The normalized spacial score (nSPS) is 14.4. The fraction of sp³-hybridized carbons (Fsp3) is 0. The molecule has 2 aromatic carbocycles. The van der Waals surface area contributed by atoms with E-state index in [1.807, 2.05) is 6.07 Å². The van der Waals surface area contributed by atoms with Crippen LogP contribution in [0.3, 0.4) is 0 Å². The Bertz CT molecular complexity index is 569. The maximum Gasteiger partial charge on any atom is 0.150 e. The Hall–Kier alpha value is -0.850. The van der Waals surface area contributed by atoms with Crippen molar-refractivity contribution in [2.24, 2.45) is 0 Å². The number of hydrogen-bond acceptors (Lipinski definition) is 1. The molecule has 21 heavy (non-hydrogen) atoms. The number of halogens is 6. The van der Waals surface area contributed by atoms with Crippen molar-refractivity contribution in [3.05, 3.63) is 54.6 Å². The van der Waals surface area contributed by atoms with E-state index in [-0.39, 0.29) is 0 Å². The first kappa shape index (κ1) is 18.2. The molecule has 0 saturated heterocycles. The monoisotopic (exact) mass is 364 g/mol. The van der Waals surface area contributed by atoms with Gasteiger partial charge in [0.1, 0.15) is 4.90 Å². The average molecular weight is 364 g/mol. The van der Waals surface area contributed by atoms with Crippen LogP contribution in [0.5, 0.6) is 0 Å². The van der Waals surface area contributed by atoms with Gasteiger partial charge in [0, 0.05) is 9.79 Å². The zero-order chi connectivity index (χ0) is 16.2. The fourth-order valence-corrected chi connectivity index (χ4v) is 2.15. The maximum absolute atomic E-state index is 10.7. The summed E-state index contributed by atoms with van der Waals surface area (Å²) in [7, 11) is -10.7. The van der Waals surface area contributed by atoms with Gasteiger partial charge in [-0.2, -0.15) is 0 Å². The van der Waals surface area contributed by atoms with E-state index in [1.54, 1.807) is 11.8 Å². The van der Waals surface area contributed by atoms with Crippen LogP contribution in [0.25, 0.3) is 0 Å². The van der Waals surface area contributed by atoms with E-state index in [1.165, 1.54) is 9.79 Å². The third kappa shape index (κ3) is 12.6. The summed E-state index contributed by atoms with van der Waals surface area (Å²) in [6.45, 7) is 0. The predicted molar refractivity (Wildman–Crippen MR) is 79.0 cm³/mol. The minimum absolute atomic E-state index is 1.11. The predicted octanol–water partition coefficient (Wildman–Crippen LogP) is 6.59. The number of rotatable bonds is 2. The van der Waals surface area contributed by atoms with E-state index in [9.17, 15) is 25.2 Å². The molecule has 2 rings (SSSR count). The molecule has 0 amide bonds. The second kappa shape index (κ2) is 5.74. The van der Waals surface area contributed by atoms with Gasteiger partial charge in [0.05, 0.1) is 0 Å². The molecule has 0 atom stereocenters. The van der Waals surface area contributed by atoms with Crippen LogP contribution >= 0.6 is 19.6 Å². The van der Waals surface area contributed by atoms with Crippen molar-refractivity contribution < 1.29 is 25.2 Å². The second-order valence-corrected chi connectivity index (χ2v) is 7.54. The molecule has 0 aliphatic carbocycles. The molecule has 0 heterocycles. The van der Waals surface area contributed by atoms with Crippen LogP contribution in [0.1, 0.15) is 0 Å². The van der Waals surface area contributed by atoms with Crippen LogP contribution in [0.2, 0.25) is 0 Å². The molecule has 0 unspecified atom stereocenters. The summed E-state index contributed by atoms with van der Waals surface area (Å²) < 4.78 is 59.2. The Labute approximate surface area is 127 Å². The molecule has 0 bridgehead atoms. The van der Waals surface area contributed by atoms with E-state index < -0.39 is 7.81 Å². The summed E-state index contributed by atoms with van der Waals surface area (Å²) in [6.07, 6.45) is 0. The van der Waals surface area contributed by atoms with Crippen molar-refractivity contribution in [2.75, 3.05) is 0 Å². The van der Waals surface area contributed by atoms with Gasteiger partial charge in [-0.05, 0) is 49.0 Å². The molecule has 0 saturated carbocycles. The van der Waals surface area contributed by atoms with E-state index in [0.717, 1.165) is 4.90 Å². The minimum Gasteiger partial charge on any atom is -0.0901 e. The zero-order valence-corrected chi connectivity index (χ0v) is 13.0. The van der Waals surface area contributed by atoms with Crippen molar-refractivity contribution >= 4 is 32.2 Å². The molecule has 0 aliphatic heterocycles. The van der Waals surface area contributed by atoms with Crippen molar-refractivity contribution in [1.29, 1.82) is 0 Å². The van der Waals surface area contributed by atoms with Crippen molar-refractivity contribution in [2.45, 2.75) is 14.7 Å². The molecule has 2 aromatic rings. The van der Waals surface area contributed by atoms with E-state index in [4.69, 9.17) is 0 Å². The van der Waals surface area contributed by atoms with Gasteiger partial charge in [-0.25, -0.2) is 0 Å². The van der Waals surface area contributed by atoms with E-state index in [2.05, 4.69) is 61.2 Å². The summed E-state index contributed by atoms with van der Waals surface area (Å²) in [5.41, 5.74) is 0. The van der Waals surface area contributed by atoms with Gasteiger partial charge in [0.2, 0.25) is 0 Å². The van der Waals surface area contributed by atoms with Crippen LogP contribution < -0.4 is 0 Å². The average Bonchev–Trinajstić information content (AvgIpc) is 2.30. The van der Waals surface area contributed by atoms with Gasteiger partial charge >= 0.3 is 33.0 Å². The van der Waals surface area contributed by atoms with Crippen molar-refractivity contribution in [1.82, 2.24) is 0 Å². The summed E-state index contributed by atoms with van der Waals surface area (Å²) >= 11 is 5.24. The summed E-state index contributed by atoms with van der Waals surface area (Å²) in [4.78, 5) is 3.65. The van der Waals surface area contributed by atoms with Crippen LogP contribution in [0, 0.1) is 0 Å². The molecule has 0 N–H and O–H groups in total. The summed E-state index contributed by atoms with van der Waals surface area (Å²) in [5.74, 6) is 0. The Kier molecular flexibility index (Phi) is 4.98. The number of hydrogen-bond donors (Lipinski definition) is 0. The van der Waals surface area contributed by atoms with Crippen LogP contribution in [0.15, 0.2) is 69.3 Å². The van der Waals surface area contributed by atoms with Gasteiger partial charge < -0.3 is 0 Å². The third-order valence-electron chi connectivity index (χ3n) is 1.83. The number of benzene rings is 2. The largest absolute Gasteiger partial charge is 0.150 e.